The van der Waals surface area contributed by atoms with Gasteiger partial charge < -0.3 is 9.67 Å². The van der Waals surface area contributed by atoms with Gasteiger partial charge in [0.05, 0.1) is 0 Å². The molecule has 14 heavy (non-hydrogen) atoms. The lowest BCUT2D eigenvalue weighted by molar-refractivity contribution is 0.261. The second-order valence-electron chi connectivity index (χ2n) is 4.62. The summed E-state index contributed by atoms with van der Waals surface area (Å²) in [5, 5.41) is 17.4. The van der Waals surface area contributed by atoms with Gasteiger partial charge in [0.2, 0.25) is 0 Å². The Morgan fingerprint density at radius 3 is 2.50 bits per heavy atom. The summed E-state index contributed by atoms with van der Waals surface area (Å²) in [5.41, 5.74) is 0.213. The van der Waals surface area contributed by atoms with Crippen molar-refractivity contribution in [3.05, 3.63) is 11.6 Å². The van der Waals surface area contributed by atoms with Crippen LogP contribution in [0.25, 0.3) is 0 Å². The molecule has 0 saturated heterocycles. The van der Waals surface area contributed by atoms with Crippen molar-refractivity contribution in [2.45, 2.75) is 51.7 Å². The number of rotatable bonds is 3. The fraction of sp³-hybridized carbons (Fsp3) is 0.800. The average Bonchev–Trinajstić information content (AvgIpc) is 2.74. The van der Waals surface area contributed by atoms with Gasteiger partial charge >= 0.3 is 0 Å². The zero-order valence-corrected chi connectivity index (χ0v) is 8.99. The summed E-state index contributed by atoms with van der Waals surface area (Å²) in [7, 11) is 0. The molecule has 4 nitrogen and oxygen atoms in total. The SMILES string of the molecule is CC(C)n1c(CO)nnc1C1(C)CC1. The molecule has 1 saturated carbocycles. The lowest BCUT2D eigenvalue weighted by atomic mass is 10.1. The Kier molecular flexibility index (Phi) is 2.10. The average molecular weight is 195 g/mol. The van der Waals surface area contributed by atoms with Crippen LogP contribution in [0.4, 0.5) is 0 Å². The maximum Gasteiger partial charge on any atom is 0.159 e. The molecule has 1 heterocycles. The van der Waals surface area contributed by atoms with Crippen LogP contribution in [0.5, 0.6) is 0 Å². The Hall–Kier alpha value is -0.900. The van der Waals surface area contributed by atoms with E-state index in [2.05, 4.69) is 35.5 Å². The molecule has 0 amide bonds. The Morgan fingerprint density at radius 2 is 2.07 bits per heavy atom. The summed E-state index contributed by atoms with van der Waals surface area (Å²) in [6.07, 6.45) is 2.37. The molecular formula is C10H17N3O. The van der Waals surface area contributed by atoms with Crippen molar-refractivity contribution in [1.29, 1.82) is 0 Å². The first-order valence-electron chi connectivity index (χ1n) is 5.13. The zero-order chi connectivity index (χ0) is 10.3. The predicted octanol–water partition coefficient (Wildman–Crippen LogP) is 1.40. The van der Waals surface area contributed by atoms with E-state index in [-0.39, 0.29) is 12.0 Å². The molecular weight excluding hydrogens is 178 g/mol. The van der Waals surface area contributed by atoms with Crippen molar-refractivity contribution in [1.82, 2.24) is 14.8 Å². The van der Waals surface area contributed by atoms with Crippen LogP contribution in [0.3, 0.4) is 0 Å². The first kappa shape index (κ1) is 9.65. The van der Waals surface area contributed by atoms with Crippen LogP contribution >= 0.6 is 0 Å². The third kappa shape index (κ3) is 1.34. The molecule has 0 unspecified atom stereocenters. The standard InChI is InChI=1S/C10H17N3O/c1-7(2)13-8(6-14)11-12-9(13)10(3)4-5-10/h7,14H,4-6H2,1-3H3. The third-order valence-corrected chi connectivity index (χ3v) is 2.96. The third-order valence-electron chi connectivity index (χ3n) is 2.96. The molecule has 1 aliphatic carbocycles. The van der Waals surface area contributed by atoms with Crippen LogP contribution in [0.15, 0.2) is 0 Å². The van der Waals surface area contributed by atoms with Crippen molar-refractivity contribution < 1.29 is 5.11 Å². The zero-order valence-electron chi connectivity index (χ0n) is 8.99. The van der Waals surface area contributed by atoms with E-state index in [0.717, 1.165) is 5.82 Å². The molecule has 1 aromatic heterocycles. The molecule has 1 aromatic rings. The summed E-state index contributed by atoms with van der Waals surface area (Å²) in [6, 6.07) is 0.319. The van der Waals surface area contributed by atoms with E-state index in [1.54, 1.807) is 0 Å². The van der Waals surface area contributed by atoms with Crippen LogP contribution in [-0.2, 0) is 12.0 Å². The number of aliphatic hydroxyl groups is 1. The minimum absolute atomic E-state index is 0.0265. The molecule has 1 aliphatic rings. The number of nitrogens with zero attached hydrogens (tertiary/aromatic N) is 3. The van der Waals surface area contributed by atoms with Crippen molar-refractivity contribution in [3.63, 3.8) is 0 Å². The maximum absolute atomic E-state index is 9.14. The smallest absolute Gasteiger partial charge is 0.159 e. The Balaban J connectivity index is 2.45. The van der Waals surface area contributed by atoms with E-state index in [0.29, 0.717) is 11.9 Å². The molecule has 78 valence electrons. The van der Waals surface area contributed by atoms with Crippen molar-refractivity contribution >= 4 is 0 Å². The normalized spacial score (nSPS) is 18.9. The van der Waals surface area contributed by atoms with Crippen molar-refractivity contribution in [2.24, 2.45) is 0 Å². The van der Waals surface area contributed by atoms with E-state index in [1.807, 2.05) is 0 Å². The molecule has 0 bridgehead atoms. The number of hydrogen-bond donors (Lipinski definition) is 1. The summed E-state index contributed by atoms with van der Waals surface area (Å²) in [4.78, 5) is 0. The first-order chi connectivity index (χ1) is 6.58. The molecule has 4 heteroatoms. The number of aliphatic hydroxyl groups excluding tert-OH is 1. The highest BCUT2D eigenvalue weighted by Crippen LogP contribution is 2.47. The largest absolute Gasteiger partial charge is 0.388 e. The van der Waals surface area contributed by atoms with Gasteiger partial charge in [0.15, 0.2) is 5.82 Å². The minimum Gasteiger partial charge on any atom is -0.388 e. The van der Waals surface area contributed by atoms with Gasteiger partial charge in [-0.1, -0.05) is 6.92 Å². The Bertz CT molecular complexity index is 339. The van der Waals surface area contributed by atoms with E-state index < -0.39 is 0 Å². The summed E-state index contributed by atoms with van der Waals surface area (Å²) >= 11 is 0. The topological polar surface area (TPSA) is 50.9 Å². The van der Waals surface area contributed by atoms with Crippen LogP contribution in [0.2, 0.25) is 0 Å². The van der Waals surface area contributed by atoms with Crippen molar-refractivity contribution in [3.8, 4) is 0 Å². The first-order valence-corrected chi connectivity index (χ1v) is 5.13. The number of aromatic nitrogens is 3. The van der Waals surface area contributed by atoms with Crippen LogP contribution < -0.4 is 0 Å². The van der Waals surface area contributed by atoms with Gasteiger partial charge in [-0.3, -0.25) is 0 Å². The highest BCUT2D eigenvalue weighted by Gasteiger charge is 2.44. The quantitative estimate of drug-likeness (QED) is 0.793. The second-order valence-corrected chi connectivity index (χ2v) is 4.62. The summed E-state index contributed by atoms with van der Waals surface area (Å²) in [6.45, 7) is 6.37. The van der Waals surface area contributed by atoms with E-state index in [4.69, 9.17) is 5.11 Å². The highest BCUT2D eigenvalue weighted by atomic mass is 16.3. The fourth-order valence-electron chi connectivity index (χ4n) is 1.80. The van der Waals surface area contributed by atoms with E-state index in [9.17, 15) is 0 Å². The molecule has 0 aliphatic heterocycles. The van der Waals surface area contributed by atoms with Gasteiger partial charge in [0.1, 0.15) is 12.4 Å². The lowest BCUT2D eigenvalue weighted by Crippen LogP contribution is -2.15. The summed E-state index contributed by atoms with van der Waals surface area (Å²) in [5.74, 6) is 1.72. The van der Waals surface area contributed by atoms with E-state index >= 15 is 0 Å². The predicted molar refractivity (Wildman–Crippen MR) is 52.9 cm³/mol. The fourth-order valence-corrected chi connectivity index (χ4v) is 1.80. The maximum atomic E-state index is 9.14. The van der Waals surface area contributed by atoms with Crippen LogP contribution in [0, 0.1) is 0 Å². The van der Waals surface area contributed by atoms with E-state index in [1.165, 1.54) is 12.8 Å². The second kappa shape index (κ2) is 3.05. The van der Waals surface area contributed by atoms with Gasteiger partial charge in [-0.15, -0.1) is 10.2 Å². The molecule has 2 rings (SSSR count). The minimum atomic E-state index is -0.0265. The van der Waals surface area contributed by atoms with Gasteiger partial charge in [0.25, 0.3) is 0 Å². The molecule has 0 spiro atoms. The van der Waals surface area contributed by atoms with Crippen LogP contribution in [-0.4, -0.2) is 19.9 Å². The monoisotopic (exact) mass is 195 g/mol. The van der Waals surface area contributed by atoms with Gasteiger partial charge in [-0.2, -0.15) is 0 Å². The summed E-state index contributed by atoms with van der Waals surface area (Å²) < 4.78 is 2.06. The van der Waals surface area contributed by atoms with Crippen LogP contribution in [0.1, 0.15) is 51.3 Å². The lowest BCUT2D eigenvalue weighted by Gasteiger charge is -2.16. The molecule has 0 atom stereocenters. The Labute approximate surface area is 84.0 Å². The molecule has 1 N–H and O–H groups in total. The van der Waals surface area contributed by atoms with Gasteiger partial charge in [0, 0.05) is 11.5 Å². The number of hydrogen-bond acceptors (Lipinski definition) is 3. The molecule has 1 fully saturated rings. The van der Waals surface area contributed by atoms with Gasteiger partial charge in [-0.05, 0) is 26.7 Å². The molecule has 0 radical (unpaired) electrons. The Morgan fingerprint density at radius 1 is 1.43 bits per heavy atom. The molecule has 0 aromatic carbocycles. The highest BCUT2D eigenvalue weighted by molar-refractivity contribution is 5.18. The van der Waals surface area contributed by atoms with Gasteiger partial charge in [-0.25, -0.2) is 0 Å². The van der Waals surface area contributed by atoms with Crippen molar-refractivity contribution in [2.75, 3.05) is 0 Å².